The molecule has 0 spiro atoms. The molecule has 174 valence electrons. The van der Waals surface area contributed by atoms with E-state index in [0.717, 1.165) is 0 Å². The molecule has 0 aliphatic heterocycles. The van der Waals surface area contributed by atoms with Crippen LogP contribution in [0.3, 0.4) is 0 Å². The van der Waals surface area contributed by atoms with Crippen molar-refractivity contribution in [3.63, 3.8) is 0 Å². The van der Waals surface area contributed by atoms with Crippen LogP contribution >= 0.6 is 0 Å². The van der Waals surface area contributed by atoms with Gasteiger partial charge in [-0.05, 0) is 38.5 Å². The molecule has 32 heavy (non-hydrogen) atoms. The Kier molecular flexibility index (Phi) is 7.36. The van der Waals surface area contributed by atoms with Crippen molar-refractivity contribution in [2.45, 2.75) is 32.9 Å². The summed E-state index contributed by atoms with van der Waals surface area (Å²) in [4.78, 5) is 22.8. The van der Waals surface area contributed by atoms with Crippen LogP contribution in [0.4, 0.5) is 18.0 Å². The largest absolute Gasteiger partial charge is 0.477 e. The zero-order chi connectivity index (χ0) is 24.3. The number of carboxylic acid groups (broad SMARTS) is 1. The molecule has 1 amide bonds. The lowest BCUT2D eigenvalue weighted by Gasteiger charge is -2.19. The first-order valence-corrected chi connectivity index (χ1v) is 10.3. The molecular weight excluding hydrogens is 457 g/mol. The highest BCUT2D eigenvalue weighted by Gasteiger charge is 2.25. The number of aromatic carboxylic acids is 1. The molecular formula is C19H19F3N2O7S. The smallest absolute Gasteiger partial charge is 0.422 e. The van der Waals surface area contributed by atoms with Crippen LogP contribution < -0.4 is 14.2 Å². The average Bonchev–Trinajstić information content (AvgIpc) is 2.62. The van der Waals surface area contributed by atoms with Gasteiger partial charge in [0.1, 0.15) is 22.7 Å². The Morgan fingerprint density at radius 1 is 1.09 bits per heavy atom. The topological polar surface area (TPSA) is 131 Å². The van der Waals surface area contributed by atoms with Gasteiger partial charge < -0.3 is 14.6 Å². The van der Waals surface area contributed by atoms with Crippen LogP contribution in [0.5, 0.6) is 11.5 Å². The number of nitrogens with one attached hydrogen (secondary N) is 2. The Balaban J connectivity index is 2.16. The summed E-state index contributed by atoms with van der Waals surface area (Å²) in [6.45, 7) is 4.31. The molecule has 0 aliphatic rings. The van der Waals surface area contributed by atoms with Gasteiger partial charge in [0.25, 0.3) is 0 Å². The van der Waals surface area contributed by atoms with Crippen LogP contribution in [0.15, 0.2) is 30.3 Å². The Labute approximate surface area is 181 Å². The van der Waals surface area contributed by atoms with Crippen molar-refractivity contribution in [2.24, 2.45) is 0 Å². The Hall–Kier alpha value is -3.32. The molecule has 9 nitrogen and oxygen atoms in total. The van der Waals surface area contributed by atoms with E-state index < -0.39 is 56.6 Å². The fourth-order valence-corrected chi connectivity index (χ4v) is 3.01. The van der Waals surface area contributed by atoms with E-state index in [-0.39, 0.29) is 17.9 Å². The zero-order valence-corrected chi connectivity index (χ0v) is 17.8. The van der Waals surface area contributed by atoms with Gasteiger partial charge in [-0.15, -0.1) is 0 Å². The van der Waals surface area contributed by atoms with E-state index in [2.05, 4.69) is 4.72 Å². The van der Waals surface area contributed by atoms with Crippen molar-refractivity contribution in [3.8, 4) is 11.5 Å². The summed E-state index contributed by atoms with van der Waals surface area (Å²) >= 11 is 0. The third kappa shape index (κ3) is 6.85. The third-order valence-corrected chi connectivity index (χ3v) is 4.51. The second-order valence-corrected chi connectivity index (χ2v) is 8.84. The molecule has 0 heterocycles. The molecule has 0 saturated heterocycles. The van der Waals surface area contributed by atoms with Gasteiger partial charge in [0.2, 0.25) is 0 Å². The highest BCUT2D eigenvalue weighted by atomic mass is 32.2. The van der Waals surface area contributed by atoms with Gasteiger partial charge in [-0.25, -0.2) is 27.5 Å². The van der Waals surface area contributed by atoms with E-state index in [9.17, 15) is 31.2 Å². The predicted molar refractivity (Wildman–Crippen MR) is 105 cm³/mol. The molecule has 0 atom stereocenters. The molecule has 0 bridgehead atoms. The summed E-state index contributed by atoms with van der Waals surface area (Å²) < 4.78 is 78.4. The number of ether oxygens (including phenoxy) is 2. The van der Waals surface area contributed by atoms with E-state index in [1.165, 1.54) is 24.3 Å². The standard InChI is InChI=1S/C19H19F3N2O7S/c1-19(2,3)31-18(27)24-32(28,29)23-9-10-5-4-6-11(7-10)30-13-8-12(20)15(21)16(22)14(13)17(25)26/h4-8,23H,9H2,1-3H3,(H,24,27)(H,25,26). The van der Waals surface area contributed by atoms with E-state index in [4.69, 9.17) is 14.6 Å². The lowest BCUT2D eigenvalue weighted by atomic mass is 10.1. The summed E-state index contributed by atoms with van der Waals surface area (Å²) in [5.74, 6) is -8.33. The molecule has 2 aromatic rings. The first-order valence-electron chi connectivity index (χ1n) is 8.86. The zero-order valence-electron chi connectivity index (χ0n) is 17.0. The van der Waals surface area contributed by atoms with Crippen molar-refractivity contribution in [3.05, 3.63) is 58.9 Å². The van der Waals surface area contributed by atoms with Crippen LogP contribution in [0.25, 0.3) is 0 Å². The van der Waals surface area contributed by atoms with Crippen molar-refractivity contribution >= 4 is 22.3 Å². The van der Waals surface area contributed by atoms with E-state index >= 15 is 0 Å². The minimum absolute atomic E-state index is 0.116. The number of carboxylic acids is 1. The molecule has 2 rings (SSSR count). The minimum atomic E-state index is -4.29. The number of carbonyl (C=O) groups excluding carboxylic acids is 1. The molecule has 0 aliphatic carbocycles. The third-order valence-electron chi connectivity index (χ3n) is 3.55. The second-order valence-electron chi connectivity index (χ2n) is 7.34. The first-order chi connectivity index (χ1) is 14.7. The van der Waals surface area contributed by atoms with Crippen molar-refractivity contribution in [2.75, 3.05) is 0 Å². The number of amides is 1. The van der Waals surface area contributed by atoms with Crippen molar-refractivity contribution < 1.29 is 45.8 Å². The van der Waals surface area contributed by atoms with Crippen molar-refractivity contribution in [1.82, 2.24) is 9.44 Å². The summed E-state index contributed by atoms with van der Waals surface area (Å²) in [6.07, 6.45) is -1.19. The number of halogens is 3. The van der Waals surface area contributed by atoms with Crippen LogP contribution in [-0.4, -0.2) is 31.2 Å². The lowest BCUT2D eigenvalue weighted by Crippen LogP contribution is -2.42. The number of hydrogen-bond acceptors (Lipinski definition) is 6. The molecule has 0 unspecified atom stereocenters. The minimum Gasteiger partial charge on any atom is -0.477 e. The van der Waals surface area contributed by atoms with E-state index in [0.29, 0.717) is 6.07 Å². The maximum atomic E-state index is 13.8. The number of benzene rings is 2. The number of carbonyl (C=O) groups is 2. The lowest BCUT2D eigenvalue weighted by molar-refractivity contribution is 0.0568. The Morgan fingerprint density at radius 2 is 1.75 bits per heavy atom. The Bertz CT molecular complexity index is 1150. The van der Waals surface area contributed by atoms with Crippen LogP contribution in [0, 0.1) is 17.5 Å². The van der Waals surface area contributed by atoms with E-state index in [1.807, 2.05) is 0 Å². The summed E-state index contributed by atoms with van der Waals surface area (Å²) in [5.41, 5.74) is -1.85. The highest BCUT2D eigenvalue weighted by molar-refractivity contribution is 7.88. The molecule has 2 aromatic carbocycles. The van der Waals surface area contributed by atoms with Gasteiger partial charge in [-0.1, -0.05) is 12.1 Å². The van der Waals surface area contributed by atoms with Crippen LogP contribution in [0.1, 0.15) is 36.7 Å². The monoisotopic (exact) mass is 476 g/mol. The summed E-state index contributed by atoms with van der Waals surface area (Å²) in [5, 5.41) is 9.08. The molecule has 0 aromatic heterocycles. The van der Waals surface area contributed by atoms with Gasteiger partial charge in [-0.2, -0.15) is 13.1 Å². The van der Waals surface area contributed by atoms with Crippen LogP contribution in [0.2, 0.25) is 0 Å². The predicted octanol–water partition coefficient (Wildman–Crippen LogP) is 3.45. The maximum absolute atomic E-state index is 13.8. The van der Waals surface area contributed by atoms with E-state index in [1.54, 1.807) is 25.5 Å². The van der Waals surface area contributed by atoms with Gasteiger partial charge in [0, 0.05) is 12.6 Å². The first kappa shape index (κ1) is 24.9. The summed E-state index contributed by atoms with van der Waals surface area (Å²) in [7, 11) is -4.29. The van der Waals surface area contributed by atoms with Gasteiger partial charge in [-0.3, -0.25) is 0 Å². The van der Waals surface area contributed by atoms with Gasteiger partial charge >= 0.3 is 22.3 Å². The number of hydrogen-bond donors (Lipinski definition) is 3. The van der Waals surface area contributed by atoms with Crippen LogP contribution in [-0.2, 0) is 21.5 Å². The summed E-state index contributed by atoms with van der Waals surface area (Å²) in [6, 6.07) is 5.74. The highest BCUT2D eigenvalue weighted by Crippen LogP contribution is 2.31. The molecule has 0 radical (unpaired) electrons. The fourth-order valence-electron chi connectivity index (χ4n) is 2.32. The van der Waals surface area contributed by atoms with Gasteiger partial charge in [0.15, 0.2) is 17.5 Å². The quantitative estimate of drug-likeness (QED) is 0.522. The molecule has 3 N–H and O–H groups in total. The second kappa shape index (κ2) is 9.44. The molecule has 13 heteroatoms. The molecule has 0 saturated carbocycles. The normalized spacial score (nSPS) is 11.7. The van der Waals surface area contributed by atoms with Crippen molar-refractivity contribution in [1.29, 1.82) is 0 Å². The molecule has 0 fully saturated rings. The Morgan fingerprint density at radius 3 is 2.34 bits per heavy atom. The maximum Gasteiger partial charge on any atom is 0.422 e. The van der Waals surface area contributed by atoms with Gasteiger partial charge in [0.05, 0.1) is 0 Å². The average molecular weight is 476 g/mol. The SMILES string of the molecule is CC(C)(C)OC(=O)NS(=O)(=O)NCc1cccc(Oc2cc(F)c(F)c(F)c2C(=O)O)c1. The number of rotatable bonds is 7. The fraction of sp³-hybridized carbons (Fsp3) is 0.263.